The van der Waals surface area contributed by atoms with Gasteiger partial charge in [0.2, 0.25) is 0 Å². The molecule has 2 N–H and O–H groups in total. The number of benzene rings is 1. The number of nitriles is 1. The molecule has 1 aromatic carbocycles. The first-order valence-corrected chi connectivity index (χ1v) is 4.19. The van der Waals surface area contributed by atoms with E-state index in [4.69, 9.17) is 32.1 Å². The maximum absolute atomic E-state index is 8.33. The van der Waals surface area contributed by atoms with Crippen molar-refractivity contribution in [2.75, 3.05) is 19.5 Å². The van der Waals surface area contributed by atoms with Gasteiger partial charge in [-0.1, -0.05) is 11.6 Å². The Bertz CT molecular complexity index is 374. The van der Waals surface area contributed by atoms with Crippen LogP contribution in [0.15, 0.2) is 12.1 Å². The maximum Gasteiger partial charge on any atom is 0.174 e. The molecule has 0 saturated heterocycles. The molecule has 1 rings (SSSR count). The number of hydrogen-bond donors (Lipinski definition) is 1. The van der Waals surface area contributed by atoms with Crippen LogP contribution in [0.2, 0.25) is 5.02 Å². The quantitative estimate of drug-likeness (QED) is 0.777. The zero-order chi connectivity index (χ0) is 10.6. The fourth-order valence-electron chi connectivity index (χ4n) is 0.942. The molecule has 0 aromatic heterocycles. The van der Waals surface area contributed by atoms with Gasteiger partial charge in [-0.25, -0.2) is 0 Å². The average molecular weight is 213 g/mol. The largest absolute Gasteiger partial charge is 0.495 e. The van der Waals surface area contributed by atoms with Crippen LogP contribution in [0.3, 0.4) is 0 Å². The predicted octanol–water partition coefficient (Wildman–Crippen LogP) is 1.83. The van der Waals surface area contributed by atoms with Crippen molar-refractivity contribution >= 4 is 17.3 Å². The van der Waals surface area contributed by atoms with Crippen LogP contribution in [0.4, 0.5) is 5.69 Å². The zero-order valence-corrected chi connectivity index (χ0v) is 8.34. The SMILES string of the molecule is COc1cc(OCC#N)c(N)cc1Cl. The van der Waals surface area contributed by atoms with E-state index in [1.54, 1.807) is 6.07 Å². The first kappa shape index (κ1) is 10.5. The van der Waals surface area contributed by atoms with Gasteiger partial charge in [0.15, 0.2) is 6.61 Å². The second-order valence-corrected chi connectivity index (χ2v) is 2.88. The third-order valence-electron chi connectivity index (χ3n) is 1.58. The summed E-state index contributed by atoms with van der Waals surface area (Å²) in [7, 11) is 1.49. The number of anilines is 1. The lowest BCUT2D eigenvalue weighted by Gasteiger charge is -2.09. The number of rotatable bonds is 3. The van der Waals surface area contributed by atoms with Gasteiger partial charge in [-0.2, -0.15) is 5.26 Å². The van der Waals surface area contributed by atoms with E-state index < -0.39 is 0 Å². The van der Waals surface area contributed by atoms with E-state index >= 15 is 0 Å². The number of nitrogen functional groups attached to an aromatic ring is 1. The topological polar surface area (TPSA) is 68.3 Å². The highest BCUT2D eigenvalue weighted by Gasteiger charge is 2.07. The lowest BCUT2D eigenvalue weighted by molar-refractivity contribution is 0.363. The molecule has 0 heterocycles. The van der Waals surface area contributed by atoms with Crippen LogP contribution in [-0.4, -0.2) is 13.7 Å². The van der Waals surface area contributed by atoms with Crippen LogP contribution < -0.4 is 15.2 Å². The maximum atomic E-state index is 8.33. The Morgan fingerprint density at radius 2 is 2.21 bits per heavy atom. The first-order chi connectivity index (χ1) is 6.69. The molecule has 4 nitrogen and oxygen atoms in total. The summed E-state index contributed by atoms with van der Waals surface area (Å²) in [6.45, 7) is -0.0605. The third kappa shape index (κ3) is 2.21. The molecular formula is C9H9ClN2O2. The number of hydrogen-bond acceptors (Lipinski definition) is 4. The number of nitrogens with zero attached hydrogens (tertiary/aromatic N) is 1. The Labute approximate surface area is 86.8 Å². The van der Waals surface area contributed by atoms with Crippen molar-refractivity contribution in [3.63, 3.8) is 0 Å². The van der Waals surface area contributed by atoms with Crippen molar-refractivity contribution in [3.8, 4) is 17.6 Å². The summed E-state index contributed by atoms with van der Waals surface area (Å²) < 4.78 is 10.0. The van der Waals surface area contributed by atoms with Crippen LogP contribution in [0.1, 0.15) is 0 Å². The standard InChI is InChI=1S/C9H9ClN2O2/c1-13-8-5-9(14-3-2-11)7(12)4-6(8)10/h4-5H,3,12H2,1H3. The Kier molecular flexibility index (Phi) is 3.43. The van der Waals surface area contributed by atoms with E-state index in [0.29, 0.717) is 22.2 Å². The number of methoxy groups -OCH3 is 1. The third-order valence-corrected chi connectivity index (χ3v) is 1.87. The molecule has 0 radical (unpaired) electrons. The molecule has 5 heteroatoms. The fraction of sp³-hybridized carbons (Fsp3) is 0.222. The first-order valence-electron chi connectivity index (χ1n) is 3.81. The Hall–Kier alpha value is -1.60. The molecule has 0 aliphatic heterocycles. The fourth-order valence-corrected chi connectivity index (χ4v) is 1.19. The highest BCUT2D eigenvalue weighted by Crippen LogP contribution is 2.34. The summed E-state index contributed by atoms with van der Waals surface area (Å²) in [5.74, 6) is 0.863. The minimum Gasteiger partial charge on any atom is -0.495 e. The van der Waals surface area contributed by atoms with Crippen LogP contribution in [-0.2, 0) is 0 Å². The van der Waals surface area contributed by atoms with Crippen molar-refractivity contribution < 1.29 is 9.47 Å². The van der Waals surface area contributed by atoms with Crippen molar-refractivity contribution in [2.24, 2.45) is 0 Å². The Balaban J connectivity index is 2.99. The molecule has 0 spiro atoms. The van der Waals surface area contributed by atoms with Crippen molar-refractivity contribution in [1.82, 2.24) is 0 Å². The highest BCUT2D eigenvalue weighted by molar-refractivity contribution is 6.32. The molecule has 0 unspecified atom stereocenters. The summed E-state index contributed by atoms with van der Waals surface area (Å²) in [6, 6.07) is 4.92. The second kappa shape index (κ2) is 4.58. The van der Waals surface area contributed by atoms with E-state index in [0.717, 1.165) is 0 Å². The minimum absolute atomic E-state index is 0.0605. The molecule has 0 fully saturated rings. The zero-order valence-electron chi connectivity index (χ0n) is 7.58. The lowest BCUT2D eigenvalue weighted by atomic mass is 10.3. The summed E-state index contributed by atoms with van der Waals surface area (Å²) in [4.78, 5) is 0. The normalized spacial score (nSPS) is 9.21. The lowest BCUT2D eigenvalue weighted by Crippen LogP contribution is -1.99. The molecule has 0 saturated carbocycles. The van der Waals surface area contributed by atoms with Gasteiger partial charge < -0.3 is 15.2 Å². The van der Waals surface area contributed by atoms with Crippen molar-refractivity contribution in [3.05, 3.63) is 17.2 Å². The number of ether oxygens (including phenoxy) is 2. The molecule has 74 valence electrons. The van der Waals surface area contributed by atoms with Crippen LogP contribution in [0.25, 0.3) is 0 Å². The van der Waals surface area contributed by atoms with Gasteiger partial charge in [0.1, 0.15) is 17.6 Å². The minimum atomic E-state index is -0.0605. The summed E-state index contributed by atoms with van der Waals surface area (Å²) in [5.41, 5.74) is 5.99. The van der Waals surface area contributed by atoms with E-state index in [-0.39, 0.29) is 6.61 Å². The predicted molar refractivity (Wildman–Crippen MR) is 53.5 cm³/mol. The van der Waals surface area contributed by atoms with Gasteiger partial charge in [0.05, 0.1) is 17.8 Å². The van der Waals surface area contributed by atoms with Crippen LogP contribution in [0.5, 0.6) is 11.5 Å². The molecule has 1 aromatic rings. The Morgan fingerprint density at radius 3 is 2.79 bits per heavy atom. The van der Waals surface area contributed by atoms with Gasteiger partial charge in [-0.3, -0.25) is 0 Å². The van der Waals surface area contributed by atoms with Crippen LogP contribution >= 0.6 is 11.6 Å². The van der Waals surface area contributed by atoms with E-state index in [9.17, 15) is 0 Å². The smallest absolute Gasteiger partial charge is 0.174 e. The van der Waals surface area contributed by atoms with E-state index in [1.807, 2.05) is 6.07 Å². The van der Waals surface area contributed by atoms with Crippen LogP contribution in [0, 0.1) is 11.3 Å². The van der Waals surface area contributed by atoms with Gasteiger partial charge >= 0.3 is 0 Å². The number of nitrogens with two attached hydrogens (primary N) is 1. The van der Waals surface area contributed by atoms with Crippen molar-refractivity contribution in [2.45, 2.75) is 0 Å². The molecular weight excluding hydrogens is 204 g/mol. The highest BCUT2D eigenvalue weighted by atomic mass is 35.5. The van der Waals surface area contributed by atoms with E-state index in [2.05, 4.69) is 0 Å². The number of halogens is 1. The molecule has 0 aliphatic rings. The van der Waals surface area contributed by atoms with Gasteiger partial charge in [0, 0.05) is 6.07 Å². The molecule has 0 bridgehead atoms. The molecule has 0 aliphatic carbocycles. The summed E-state index contributed by atoms with van der Waals surface area (Å²) >= 11 is 5.81. The monoisotopic (exact) mass is 212 g/mol. The summed E-state index contributed by atoms with van der Waals surface area (Å²) in [6.07, 6.45) is 0. The molecule has 0 atom stereocenters. The summed E-state index contributed by atoms with van der Waals surface area (Å²) in [5, 5.41) is 8.74. The van der Waals surface area contributed by atoms with Gasteiger partial charge in [-0.05, 0) is 6.07 Å². The van der Waals surface area contributed by atoms with Crippen molar-refractivity contribution in [1.29, 1.82) is 5.26 Å². The van der Waals surface area contributed by atoms with E-state index in [1.165, 1.54) is 13.2 Å². The Morgan fingerprint density at radius 1 is 1.50 bits per heavy atom. The second-order valence-electron chi connectivity index (χ2n) is 2.47. The van der Waals surface area contributed by atoms with Gasteiger partial charge in [-0.15, -0.1) is 0 Å². The molecule has 0 amide bonds. The van der Waals surface area contributed by atoms with Gasteiger partial charge in [0.25, 0.3) is 0 Å². The molecule has 14 heavy (non-hydrogen) atoms. The average Bonchev–Trinajstić information content (AvgIpc) is 2.17.